The molecule has 1 aromatic rings. The summed E-state index contributed by atoms with van der Waals surface area (Å²) in [6.07, 6.45) is 0. The Balaban J connectivity index is 1.97. The highest BCUT2D eigenvalue weighted by molar-refractivity contribution is 5.94. The van der Waals surface area contributed by atoms with Crippen molar-refractivity contribution >= 4 is 5.91 Å². The maximum atomic E-state index is 11.8. The molecule has 0 aromatic heterocycles. The molecule has 1 saturated heterocycles. The molecule has 3 N–H and O–H groups in total. The van der Waals surface area contributed by atoms with E-state index in [2.05, 4.69) is 5.32 Å². The van der Waals surface area contributed by atoms with Crippen LogP contribution in [-0.4, -0.2) is 35.9 Å². The molecule has 5 heteroatoms. The van der Waals surface area contributed by atoms with E-state index in [1.165, 1.54) is 18.2 Å². The molecular weight excluding hydrogens is 222 g/mol. The van der Waals surface area contributed by atoms with Crippen molar-refractivity contribution in [2.45, 2.75) is 6.92 Å². The number of phenolic OH excluding ortho intramolecular Hbond substituents is 2. The first kappa shape index (κ1) is 11.7. The third-order valence-electron chi connectivity index (χ3n) is 2.81. The van der Waals surface area contributed by atoms with Crippen molar-refractivity contribution in [3.8, 4) is 11.5 Å². The number of amides is 1. The molecule has 1 aliphatic rings. The van der Waals surface area contributed by atoms with E-state index in [9.17, 15) is 9.90 Å². The third kappa shape index (κ3) is 2.50. The van der Waals surface area contributed by atoms with Gasteiger partial charge in [0.1, 0.15) is 0 Å². The number of carbonyl (C=O) groups excluding carboxylic acids is 1. The Kier molecular flexibility index (Phi) is 2.93. The van der Waals surface area contributed by atoms with Crippen molar-refractivity contribution in [3.63, 3.8) is 0 Å². The van der Waals surface area contributed by atoms with Crippen LogP contribution in [0.3, 0.4) is 0 Å². The number of carbonyl (C=O) groups is 1. The fraction of sp³-hybridized carbons (Fsp3) is 0.417. The van der Waals surface area contributed by atoms with Crippen LogP contribution in [0.2, 0.25) is 0 Å². The number of hydrogen-bond acceptors (Lipinski definition) is 4. The maximum absolute atomic E-state index is 11.8. The van der Waals surface area contributed by atoms with Crippen molar-refractivity contribution in [3.05, 3.63) is 23.8 Å². The molecule has 0 unspecified atom stereocenters. The van der Waals surface area contributed by atoms with Crippen molar-refractivity contribution in [1.29, 1.82) is 0 Å². The number of ether oxygens (including phenoxy) is 1. The second kappa shape index (κ2) is 4.25. The molecular formula is C12H15NO4. The number of aromatic hydroxyl groups is 2. The van der Waals surface area contributed by atoms with E-state index in [4.69, 9.17) is 9.84 Å². The topological polar surface area (TPSA) is 78.8 Å². The predicted molar refractivity (Wildman–Crippen MR) is 61.0 cm³/mol. The minimum atomic E-state index is -0.296. The molecule has 17 heavy (non-hydrogen) atoms. The average molecular weight is 237 g/mol. The fourth-order valence-corrected chi connectivity index (χ4v) is 1.61. The second-order valence-electron chi connectivity index (χ2n) is 4.69. The van der Waals surface area contributed by atoms with Crippen LogP contribution in [0.5, 0.6) is 11.5 Å². The highest BCUT2D eigenvalue weighted by Crippen LogP contribution is 2.26. The summed E-state index contributed by atoms with van der Waals surface area (Å²) in [4.78, 5) is 11.8. The molecule has 0 atom stereocenters. The zero-order chi connectivity index (χ0) is 12.5. The fourth-order valence-electron chi connectivity index (χ4n) is 1.61. The smallest absolute Gasteiger partial charge is 0.251 e. The van der Waals surface area contributed by atoms with Crippen molar-refractivity contribution in [2.75, 3.05) is 19.8 Å². The molecule has 0 aliphatic carbocycles. The maximum Gasteiger partial charge on any atom is 0.251 e. The lowest BCUT2D eigenvalue weighted by Crippen LogP contribution is -2.48. The van der Waals surface area contributed by atoms with E-state index in [1.54, 1.807) is 0 Å². The summed E-state index contributed by atoms with van der Waals surface area (Å²) >= 11 is 0. The van der Waals surface area contributed by atoms with Crippen LogP contribution in [0.15, 0.2) is 18.2 Å². The van der Waals surface area contributed by atoms with Gasteiger partial charge < -0.3 is 20.3 Å². The van der Waals surface area contributed by atoms with Gasteiger partial charge in [-0.05, 0) is 18.2 Å². The normalized spacial score (nSPS) is 17.2. The summed E-state index contributed by atoms with van der Waals surface area (Å²) in [5, 5.41) is 21.2. The SMILES string of the molecule is CC1(CNC(=O)c2ccc(O)c(O)c2)COC1. The van der Waals surface area contributed by atoms with Crippen LogP contribution < -0.4 is 5.32 Å². The van der Waals surface area contributed by atoms with Crippen LogP contribution in [0.1, 0.15) is 17.3 Å². The zero-order valence-electron chi connectivity index (χ0n) is 9.56. The van der Waals surface area contributed by atoms with Crippen LogP contribution in [-0.2, 0) is 4.74 Å². The summed E-state index contributed by atoms with van der Waals surface area (Å²) in [5.41, 5.74) is 0.332. The lowest BCUT2D eigenvalue weighted by molar-refractivity contribution is -0.0978. The molecule has 5 nitrogen and oxygen atoms in total. The number of rotatable bonds is 3. The van der Waals surface area contributed by atoms with Gasteiger partial charge in [0.15, 0.2) is 11.5 Å². The van der Waals surface area contributed by atoms with E-state index in [1.807, 2.05) is 6.92 Å². The van der Waals surface area contributed by atoms with Gasteiger partial charge in [0.25, 0.3) is 5.91 Å². The molecule has 1 heterocycles. The Morgan fingerprint density at radius 2 is 2.12 bits per heavy atom. The van der Waals surface area contributed by atoms with Gasteiger partial charge in [-0.3, -0.25) is 4.79 Å². The standard InChI is InChI=1S/C12H15NO4/c1-12(6-17-7-12)5-13-11(16)8-2-3-9(14)10(15)4-8/h2-4,14-15H,5-7H2,1H3,(H,13,16). The van der Waals surface area contributed by atoms with Crippen molar-refractivity contribution in [2.24, 2.45) is 5.41 Å². The summed E-state index contributed by atoms with van der Waals surface area (Å²) in [5.74, 6) is -0.801. The summed E-state index contributed by atoms with van der Waals surface area (Å²) in [6.45, 7) is 3.86. The summed E-state index contributed by atoms with van der Waals surface area (Å²) < 4.78 is 5.09. The Morgan fingerprint density at radius 3 is 2.65 bits per heavy atom. The summed E-state index contributed by atoms with van der Waals surface area (Å²) in [7, 11) is 0. The summed E-state index contributed by atoms with van der Waals surface area (Å²) in [6, 6.07) is 3.99. The van der Waals surface area contributed by atoms with E-state index in [-0.39, 0.29) is 22.8 Å². The quantitative estimate of drug-likeness (QED) is 0.681. The molecule has 2 rings (SSSR count). The minimum Gasteiger partial charge on any atom is -0.504 e. The molecule has 0 saturated carbocycles. The van der Waals surface area contributed by atoms with Crippen LogP contribution >= 0.6 is 0 Å². The number of nitrogens with one attached hydrogen (secondary N) is 1. The van der Waals surface area contributed by atoms with Crippen LogP contribution in [0, 0.1) is 5.41 Å². The molecule has 0 bridgehead atoms. The second-order valence-corrected chi connectivity index (χ2v) is 4.69. The third-order valence-corrected chi connectivity index (χ3v) is 2.81. The van der Waals surface area contributed by atoms with Gasteiger partial charge in [-0.1, -0.05) is 6.92 Å². The van der Waals surface area contributed by atoms with E-state index in [0.717, 1.165) is 0 Å². The Morgan fingerprint density at radius 1 is 1.41 bits per heavy atom. The average Bonchev–Trinajstić information content (AvgIpc) is 2.27. The molecule has 0 spiro atoms. The lowest BCUT2D eigenvalue weighted by Gasteiger charge is -2.38. The zero-order valence-corrected chi connectivity index (χ0v) is 9.56. The van der Waals surface area contributed by atoms with Crippen LogP contribution in [0.25, 0.3) is 0 Å². The van der Waals surface area contributed by atoms with Gasteiger partial charge in [0, 0.05) is 17.5 Å². The lowest BCUT2D eigenvalue weighted by atomic mass is 9.88. The van der Waals surface area contributed by atoms with E-state index in [0.29, 0.717) is 25.3 Å². The molecule has 1 amide bonds. The number of phenols is 2. The largest absolute Gasteiger partial charge is 0.504 e. The number of benzene rings is 1. The Bertz CT molecular complexity index is 440. The molecule has 92 valence electrons. The van der Waals surface area contributed by atoms with Gasteiger partial charge in [-0.15, -0.1) is 0 Å². The molecule has 1 aromatic carbocycles. The molecule has 0 radical (unpaired) electrons. The van der Waals surface area contributed by atoms with Gasteiger partial charge >= 0.3 is 0 Å². The minimum absolute atomic E-state index is 0.00856. The predicted octanol–water partition coefficient (Wildman–Crippen LogP) is 0.864. The van der Waals surface area contributed by atoms with Gasteiger partial charge in [0.2, 0.25) is 0 Å². The Hall–Kier alpha value is -1.75. The van der Waals surface area contributed by atoms with Crippen LogP contribution in [0.4, 0.5) is 0 Å². The first-order valence-corrected chi connectivity index (χ1v) is 5.38. The van der Waals surface area contributed by atoms with Crippen molar-refractivity contribution in [1.82, 2.24) is 5.32 Å². The van der Waals surface area contributed by atoms with Gasteiger partial charge in [-0.25, -0.2) is 0 Å². The van der Waals surface area contributed by atoms with E-state index >= 15 is 0 Å². The first-order chi connectivity index (χ1) is 8.00. The van der Waals surface area contributed by atoms with Gasteiger partial charge in [0.05, 0.1) is 13.2 Å². The molecule has 1 aliphatic heterocycles. The van der Waals surface area contributed by atoms with Gasteiger partial charge in [-0.2, -0.15) is 0 Å². The first-order valence-electron chi connectivity index (χ1n) is 5.38. The number of hydrogen-bond donors (Lipinski definition) is 3. The van der Waals surface area contributed by atoms with Crippen molar-refractivity contribution < 1.29 is 19.7 Å². The highest BCUT2D eigenvalue weighted by Gasteiger charge is 2.33. The molecule has 1 fully saturated rings. The monoisotopic (exact) mass is 237 g/mol. The van der Waals surface area contributed by atoms with E-state index < -0.39 is 0 Å². The highest BCUT2D eigenvalue weighted by atomic mass is 16.5. The Labute approximate surface area is 99.0 Å².